The van der Waals surface area contributed by atoms with Gasteiger partial charge in [0.1, 0.15) is 24.3 Å². The molecule has 42 heavy (non-hydrogen) atoms. The van der Waals surface area contributed by atoms with Crippen molar-refractivity contribution in [1.29, 1.82) is 0 Å². The molecular formula is C38H44N2O2. The Morgan fingerprint density at radius 3 is 2.36 bits per heavy atom. The highest BCUT2D eigenvalue weighted by molar-refractivity contribution is 5.81. The second-order valence-corrected chi connectivity index (χ2v) is 14.0. The van der Waals surface area contributed by atoms with E-state index in [-0.39, 0.29) is 18.6 Å². The molecule has 4 fully saturated rings. The normalized spacial score (nSPS) is 33.6. The van der Waals surface area contributed by atoms with Crippen molar-refractivity contribution in [3.05, 3.63) is 77.9 Å². The lowest BCUT2D eigenvalue weighted by Crippen LogP contribution is -2.63. The Morgan fingerprint density at radius 2 is 1.48 bits per heavy atom. The van der Waals surface area contributed by atoms with E-state index in [9.17, 15) is 0 Å². The van der Waals surface area contributed by atoms with E-state index in [0.29, 0.717) is 29.7 Å². The van der Waals surface area contributed by atoms with Crippen LogP contribution in [0, 0.1) is 11.8 Å². The molecule has 3 aliphatic carbocycles. The number of anilines is 2. The van der Waals surface area contributed by atoms with Gasteiger partial charge in [-0.2, -0.15) is 0 Å². The van der Waals surface area contributed by atoms with E-state index in [1.54, 1.807) is 0 Å². The first-order valence-electron chi connectivity index (χ1n) is 17.0. The third-order valence-electron chi connectivity index (χ3n) is 11.7. The van der Waals surface area contributed by atoms with E-state index in [1.165, 1.54) is 104 Å². The Labute approximate surface area is 250 Å². The standard InChI is InChI=1S/C38H44N2O2/c1-3-11-24(12-4-1)26-21-22-32-30(23-26)27-15-7-8-18-31(27)40(32)33-19-9-16-28-35-29(17-10-20-34(35)41-36(28)33)38-39-37(42-38)25-13-5-2-6-14-25/h1,3-4,9,11-12,16,19,21-23,25,27,29,31,34-35,37-39H,2,5-8,10,13-15,17-18,20H2. The predicted octanol–water partition coefficient (Wildman–Crippen LogP) is 9.03. The van der Waals surface area contributed by atoms with Gasteiger partial charge in [-0.1, -0.05) is 80.6 Å². The fourth-order valence-electron chi connectivity index (χ4n) is 9.75. The van der Waals surface area contributed by atoms with Gasteiger partial charge in [-0.3, -0.25) is 5.32 Å². The van der Waals surface area contributed by atoms with Crippen LogP contribution in [0.2, 0.25) is 0 Å². The monoisotopic (exact) mass is 560 g/mol. The molecule has 4 heteroatoms. The molecule has 3 saturated carbocycles. The zero-order valence-corrected chi connectivity index (χ0v) is 24.7. The fraction of sp³-hybridized carbons (Fsp3) is 0.526. The SMILES string of the molecule is c1ccc(-c2ccc3c(c2)C2CCCCC2N3c2cccc3c2OC2CCCC(C4NC(C5CCCCC5)O4)C32)cc1. The summed E-state index contributed by atoms with van der Waals surface area (Å²) in [6, 6.07) is 25.6. The number of hydrogen-bond acceptors (Lipinski definition) is 4. The highest BCUT2D eigenvalue weighted by atomic mass is 16.6. The van der Waals surface area contributed by atoms with Crippen LogP contribution in [0.5, 0.6) is 5.75 Å². The van der Waals surface area contributed by atoms with Gasteiger partial charge in [-0.15, -0.1) is 0 Å². The van der Waals surface area contributed by atoms with Crippen LogP contribution in [0.3, 0.4) is 0 Å². The van der Waals surface area contributed by atoms with Crippen molar-refractivity contribution in [2.75, 3.05) is 4.90 Å². The van der Waals surface area contributed by atoms with Crippen molar-refractivity contribution in [2.45, 2.75) is 113 Å². The van der Waals surface area contributed by atoms with Crippen molar-refractivity contribution in [2.24, 2.45) is 11.8 Å². The second kappa shape index (κ2) is 10.4. The molecule has 0 aromatic heterocycles. The summed E-state index contributed by atoms with van der Waals surface area (Å²) < 4.78 is 13.7. The average Bonchev–Trinajstić information content (AvgIpc) is 3.57. The molecule has 0 amide bonds. The number of hydrogen-bond donors (Lipinski definition) is 1. The summed E-state index contributed by atoms with van der Waals surface area (Å²) in [4.78, 5) is 2.69. The molecule has 7 unspecified atom stereocenters. The van der Waals surface area contributed by atoms with Crippen molar-refractivity contribution >= 4 is 11.4 Å². The maximum absolute atomic E-state index is 7.01. The number of para-hydroxylation sites is 1. The number of benzene rings is 3. The quantitative estimate of drug-likeness (QED) is 0.345. The zero-order valence-electron chi connectivity index (χ0n) is 24.7. The number of fused-ring (bicyclic) bond motifs is 6. The molecular weight excluding hydrogens is 516 g/mol. The van der Waals surface area contributed by atoms with Crippen LogP contribution < -0.4 is 15.0 Å². The minimum atomic E-state index is 0.176. The number of rotatable bonds is 4. The lowest BCUT2D eigenvalue weighted by atomic mass is 9.73. The first kappa shape index (κ1) is 25.7. The van der Waals surface area contributed by atoms with E-state index in [0.717, 1.165) is 12.2 Å². The van der Waals surface area contributed by atoms with Crippen LogP contribution in [-0.4, -0.2) is 24.6 Å². The summed E-state index contributed by atoms with van der Waals surface area (Å²) in [6.45, 7) is 0. The van der Waals surface area contributed by atoms with Crippen LogP contribution >= 0.6 is 0 Å². The van der Waals surface area contributed by atoms with E-state index in [1.807, 2.05) is 0 Å². The van der Waals surface area contributed by atoms with Gasteiger partial charge in [0.25, 0.3) is 0 Å². The van der Waals surface area contributed by atoms with Crippen LogP contribution in [0.1, 0.15) is 100 Å². The summed E-state index contributed by atoms with van der Waals surface area (Å²) in [5.74, 6) is 3.36. The fourth-order valence-corrected chi connectivity index (χ4v) is 9.75. The Hall–Kier alpha value is -2.82. The molecule has 0 bridgehead atoms. The zero-order chi connectivity index (χ0) is 27.6. The van der Waals surface area contributed by atoms with Crippen molar-refractivity contribution < 1.29 is 9.47 Å². The van der Waals surface area contributed by atoms with E-state index < -0.39 is 0 Å². The second-order valence-electron chi connectivity index (χ2n) is 14.0. The highest BCUT2D eigenvalue weighted by Gasteiger charge is 2.51. The molecule has 0 spiro atoms. The molecule has 4 nitrogen and oxygen atoms in total. The van der Waals surface area contributed by atoms with Crippen molar-refractivity contribution in [3.8, 4) is 16.9 Å². The van der Waals surface area contributed by atoms with Gasteiger partial charge in [0, 0.05) is 35.0 Å². The molecule has 3 aliphatic heterocycles. The topological polar surface area (TPSA) is 33.7 Å². The van der Waals surface area contributed by atoms with Crippen molar-refractivity contribution in [3.63, 3.8) is 0 Å². The minimum Gasteiger partial charge on any atom is -0.487 e. The Kier molecular flexibility index (Phi) is 6.36. The molecule has 3 aromatic rings. The van der Waals surface area contributed by atoms with Gasteiger partial charge in [-0.05, 0) is 85.8 Å². The third-order valence-corrected chi connectivity index (χ3v) is 11.7. The summed E-state index contributed by atoms with van der Waals surface area (Å²) in [5, 5.41) is 3.91. The summed E-state index contributed by atoms with van der Waals surface area (Å²) in [5.41, 5.74) is 8.30. The molecule has 3 heterocycles. The van der Waals surface area contributed by atoms with E-state index >= 15 is 0 Å². The van der Waals surface area contributed by atoms with Crippen LogP contribution in [0.15, 0.2) is 66.7 Å². The minimum absolute atomic E-state index is 0.176. The molecule has 6 aliphatic rings. The van der Waals surface area contributed by atoms with Gasteiger partial charge in [-0.25, -0.2) is 0 Å². The van der Waals surface area contributed by atoms with Gasteiger partial charge in [0.15, 0.2) is 0 Å². The summed E-state index contributed by atoms with van der Waals surface area (Å²) in [6.07, 6.45) is 16.3. The lowest BCUT2D eigenvalue weighted by Gasteiger charge is -2.49. The molecule has 1 saturated heterocycles. The molecule has 9 rings (SSSR count). The Bertz CT molecular complexity index is 1440. The molecule has 3 aromatic carbocycles. The number of nitrogens with one attached hydrogen (secondary N) is 1. The van der Waals surface area contributed by atoms with Gasteiger partial charge in [0.05, 0.1) is 5.69 Å². The number of nitrogens with zero attached hydrogens (tertiary/aromatic N) is 1. The average molecular weight is 561 g/mol. The van der Waals surface area contributed by atoms with Crippen LogP contribution in [0.25, 0.3) is 11.1 Å². The van der Waals surface area contributed by atoms with Crippen LogP contribution in [0.4, 0.5) is 11.4 Å². The Balaban J connectivity index is 1.04. The largest absolute Gasteiger partial charge is 0.487 e. The van der Waals surface area contributed by atoms with Crippen LogP contribution in [-0.2, 0) is 4.74 Å². The smallest absolute Gasteiger partial charge is 0.147 e. The molecule has 7 atom stereocenters. The number of ether oxygens (including phenoxy) is 2. The summed E-state index contributed by atoms with van der Waals surface area (Å²) in [7, 11) is 0. The maximum Gasteiger partial charge on any atom is 0.147 e. The third kappa shape index (κ3) is 4.08. The van der Waals surface area contributed by atoms with Gasteiger partial charge < -0.3 is 14.4 Å². The first-order valence-corrected chi connectivity index (χ1v) is 17.0. The Morgan fingerprint density at radius 1 is 0.643 bits per heavy atom. The summed E-state index contributed by atoms with van der Waals surface area (Å²) >= 11 is 0. The molecule has 1 N–H and O–H groups in total. The van der Waals surface area contributed by atoms with E-state index in [4.69, 9.17) is 9.47 Å². The molecule has 218 valence electrons. The van der Waals surface area contributed by atoms with Gasteiger partial charge >= 0.3 is 0 Å². The highest BCUT2D eigenvalue weighted by Crippen LogP contribution is 2.58. The maximum atomic E-state index is 7.01. The van der Waals surface area contributed by atoms with Crippen molar-refractivity contribution in [1.82, 2.24) is 5.32 Å². The van der Waals surface area contributed by atoms with Gasteiger partial charge in [0.2, 0.25) is 0 Å². The first-order chi connectivity index (χ1) is 20.8. The van der Waals surface area contributed by atoms with E-state index in [2.05, 4.69) is 76.9 Å². The predicted molar refractivity (Wildman–Crippen MR) is 168 cm³/mol. The lowest BCUT2D eigenvalue weighted by molar-refractivity contribution is -0.220. The molecule has 0 radical (unpaired) electrons.